The minimum atomic E-state index is -0.897. The fraction of sp³-hybridized carbons (Fsp3) is 0.143. The Kier molecular flexibility index (Phi) is 3.67. The average molecular weight is 297 g/mol. The summed E-state index contributed by atoms with van der Waals surface area (Å²) < 4.78 is 0.819. The van der Waals surface area contributed by atoms with Gasteiger partial charge in [-0.2, -0.15) is 5.23 Å². The number of nitrogens with one attached hydrogen (secondary N) is 1. The summed E-state index contributed by atoms with van der Waals surface area (Å²) in [7, 11) is 0. The van der Waals surface area contributed by atoms with E-state index in [0.29, 0.717) is 11.0 Å². The number of benzene rings is 1. The lowest BCUT2D eigenvalue weighted by atomic mass is 10.2. The van der Waals surface area contributed by atoms with E-state index >= 15 is 0 Å². The van der Waals surface area contributed by atoms with E-state index in [2.05, 4.69) is 31.9 Å². The summed E-state index contributed by atoms with van der Waals surface area (Å²) in [6, 6.07) is 5.12. The smallest absolute Gasteiger partial charge is 0.168 e. The number of hydrogen-bond donors (Lipinski definition) is 2. The molecule has 0 aliphatic rings. The number of alkyl halides is 1. The first-order valence-corrected chi connectivity index (χ1v) is 5.15. The largest absolute Gasteiger partial charge is 0.595 e. The van der Waals surface area contributed by atoms with Gasteiger partial charge in [-0.15, -0.1) is 0 Å². The lowest BCUT2D eigenvalue weighted by molar-refractivity contribution is -0.991. The van der Waals surface area contributed by atoms with Gasteiger partial charge in [-0.25, -0.2) is 5.21 Å². The average Bonchev–Trinajstić information content (AvgIpc) is 2.03. The van der Waals surface area contributed by atoms with E-state index in [1.54, 1.807) is 12.1 Å². The molecule has 1 unspecified atom stereocenters. The SMILES string of the molecule is [O-][NH+](O)c1cccc(Br)c1CBr. The van der Waals surface area contributed by atoms with Gasteiger partial charge in [0, 0.05) is 21.4 Å². The normalized spacial score (nSPS) is 13.0. The number of hydrogen-bond acceptors (Lipinski definition) is 2. The van der Waals surface area contributed by atoms with E-state index in [1.165, 1.54) is 0 Å². The highest BCUT2D eigenvalue weighted by Gasteiger charge is 2.09. The van der Waals surface area contributed by atoms with Crippen LogP contribution in [0, 0.1) is 5.21 Å². The van der Waals surface area contributed by atoms with Gasteiger partial charge in [-0.05, 0) is 6.07 Å². The topological polar surface area (TPSA) is 47.7 Å². The van der Waals surface area contributed by atoms with Crippen LogP contribution >= 0.6 is 31.9 Å². The molecule has 1 aromatic carbocycles. The molecule has 0 aliphatic carbocycles. The summed E-state index contributed by atoms with van der Waals surface area (Å²) in [6.45, 7) is 0. The highest BCUT2D eigenvalue weighted by molar-refractivity contribution is 9.10. The van der Waals surface area contributed by atoms with E-state index in [-0.39, 0.29) is 0 Å². The van der Waals surface area contributed by atoms with Crippen LogP contribution in [0.2, 0.25) is 0 Å². The van der Waals surface area contributed by atoms with Crippen molar-refractivity contribution < 1.29 is 10.4 Å². The lowest BCUT2D eigenvalue weighted by Gasteiger charge is -2.15. The zero-order chi connectivity index (χ0) is 9.14. The van der Waals surface area contributed by atoms with E-state index in [4.69, 9.17) is 5.21 Å². The summed E-state index contributed by atoms with van der Waals surface area (Å²) >= 11 is 6.52. The van der Waals surface area contributed by atoms with Crippen LogP contribution in [0.25, 0.3) is 0 Å². The Hall–Kier alpha value is 0.0600. The molecule has 1 atom stereocenters. The first-order chi connectivity index (χ1) is 5.66. The molecule has 0 saturated heterocycles. The lowest BCUT2D eigenvalue weighted by Crippen LogP contribution is -2.99. The van der Waals surface area contributed by atoms with E-state index in [9.17, 15) is 5.21 Å². The third-order valence-corrected chi connectivity index (χ3v) is 2.79. The van der Waals surface area contributed by atoms with Crippen LogP contribution in [0.4, 0.5) is 5.69 Å². The Morgan fingerprint density at radius 3 is 2.58 bits per heavy atom. The summed E-state index contributed by atoms with van der Waals surface area (Å²) in [6.07, 6.45) is 0. The van der Waals surface area contributed by atoms with Crippen molar-refractivity contribution in [1.82, 2.24) is 0 Å². The van der Waals surface area contributed by atoms with Gasteiger partial charge < -0.3 is 5.21 Å². The maximum atomic E-state index is 10.7. The monoisotopic (exact) mass is 295 g/mol. The molecule has 5 heteroatoms. The van der Waals surface area contributed by atoms with E-state index < -0.39 is 5.23 Å². The molecule has 0 amide bonds. The standard InChI is InChI=1S/C7H7Br2NO2/c8-4-5-6(9)2-1-3-7(5)10(11)12/h1-3,10-11H,4H2. The molecular weight excluding hydrogens is 290 g/mol. The maximum absolute atomic E-state index is 10.7. The molecular formula is C7H7Br2NO2. The van der Waals surface area contributed by atoms with Gasteiger partial charge in [0.2, 0.25) is 0 Å². The van der Waals surface area contributed by atoms with Crippen molar-refractivity contribution in [2.75, 3.05) is 0 Å². The van der Waals surface area contributed by atoms with Gasteiger partial charge in [0.25, 0.3) is 0 Å². The number of quaternary nitrogens is 1. The van der Waals surface area contributed by atoms with Gasteiger partial charge >= 0.3 is 0 Å². The molecule has 1 rings (SSSR count). The molecule has 2 N–H and O–H groups in total. The Labute approximate surface area is 86.8 Å². The second kappa shape index (κ2) is 4.34. The van der Waals surface area contributed by atoms with Crippen LogP contribution in [0.3, 0.4) is 0 Å². The van der Waals surface area contributed by atoms with Crippen molar-refractivity contribution in [3.05, 3.63) is 33.4 Å². The van der Waals surface area contributed by atoms with E-state index in [0.717, 1.165) is 10.0 Å². The molecule has 66 valence electrons. The molecule has 3 nitrogen and oxygen atoms in total. The third-order valence-electron chi connectivity index (χ3n) is 1.48. The van der Waals surface area contributed by atoms with Crippen LogP contribution in [-0.2, 0) is 5.33 Å². The quantitative estimate of drug-likeness (QED) is 0.645. The molecule has 12 heavy (non-hydrogen) atoms. The minimum absolute atomic E-state index is 0.334. The van der Waals surface area contributed by atoms with Crippen LogP contribution in [0.1, 0.15) is 5.56 Å². The van der Waals surface area contributed by atoms with Gasteiger partial charge in [-0.1, -0.05) is 37.9 Å². The van der Waals surface area contributed by atoms with E-state index in [1.807, 2.05) is 6.07 Å². The summed E-state index contributed by atoms with van der Waals surface area (Å²) in [5, 5.41) is 19.1. The van der Waals surface area contributed by atoms with Crippen molar-refractivity contribution >= 4 is 37.5 Å². The molecule has 0 radical (unpaired) electrons. The van der Waals surface area contributed by atoms with Gasteiger partial charge in [-0.3, -0.25) is 0 Å². The van der Waals surface area contributed by atoms with Crippen LogP contribution < -0.4 is 5.23 Å². The second-order valence-corrected chi connectivity index (χ2v) is 3.62. The Balaban J connectivity index is 3.18. The van der Waals surface area contributed by atoms with Crippen molar-refractivity contribution in [3.63, 3.8) is 0 Å². The molecule has 0 spiro atoms. The molecule has 1 aromatic rings. The summed E-state index contributed by atoms with van der Waals surface area (Å²) in [4.78, 5) is 0. The molecule has 0 fully saturated rings. The Bertz CT molecular complexity index is 278. The first kappa shape index (κ1) is 10.1. The molecule has 0 bridgehead atoms. The van der Waals surface area contributed by atoms with Gasteiger partial charge in [0.1, 0.15) is 0 Å². The second-order valence-electron chi connectivity index (χ2n) is 2.20. The fourth-order valence-electron chi connectivity index (χ4n) is 0.895. The van der Waals surface area contributed by atoms with Crippen molar-refractivity contribution in [1.29, 1.82) is 0 Å². The highest BCUT2D eigenvalue weighted by Crippen LogP contribution is 2.24. The zero-order valence-electron chi connectivity index (χ0n) is 6.05. The molecule has 0 aromatic heterocycles. The highest BCUT2D eigenvalue weighted by atomic mass is 79.9. The Morgan fingerprint density at radius 1 is 1.50 bits per heavy atom. The zero-order valence-corrected chi connectivity index (χ0v) is 9.22. The summed E-state index contributed by atoms with van der Waals surface area (Å²) in [5.74, 6) is 0. The number of rotatable bonds is 2. The first-order valence-electron chi connectivity index (χ1n) is 3.23. The van der Waals surface area contributed by atoms with Crippen molar-refractivity contribution in [2.45, 2.75) is 5.33 Å². The Morgan fingerprint density at radius 2 is 2.17 bits per heavy atom. The predicted octanol–water partition coefficient (Wildman–Crippen LogP) is 1.75. The van der Waals surface area contributed by atoms with Crippen molar-refractivity contribution in [3.8, 4) is 0 Å². The van der Waals surface area contributed by atoms with Crippen LogP contribution in [0.15, 0.2) is 22.7 Å². The molecule has 0 aliphatic heterocycles. The van der Waals surface area contributed by atoms with Gasteiger partial charge in [0.15, 0.2) is 5.69 Å². The molecule has 0 heterocycles. The molecule has 0 saturated carbocycles. The maximum Gasteiger partial charge on any atom is 0.168 e. The number of halogens is 2. The van der Waals surface area contributed by atoms with Crippen LogP contribution in [0.5, 0.6) is 0 Å². The summed E-state index contributed by atoms with van der Waals surface area (Å²) in [5.41, 5.74) is 1.10. The van der Waals surface area contributed by atoms with Crippen molar-refractivity contribution in [2.24, 2.45) is 0 Å². The predicted molar refractivity (Wildman–Crippen MR) is 52.5 cm³/mol. The fourth-order valence-corrected chi connectivity index (χ4v) is 2.38. The minimum Gasteiger partial charge on any atom is -0.595 e. The third kappa shape index (κ3) is 2.05. The van der Waals surface area contributed by atoms with Crippen LogP contribution in [-0.4, -0.2) is 5.21 Å². The van der Waals surface area contributed by atoms with Gasteiger partial charge in [0.05, 0.1) is 0 Å².